The summed E-state index contributed by atoms with van der Waals surface area (Å²) in [5.74, 6) is -0.957. The number of rotatable bonds is 55. The summed E-state index contributed by atoms with van der Waals surface area (Å²) in [6.07, 6.45) is 88.8. The van der Waals surface area contributed by atoms with Gasteiger partial charge in [0.05, 0.1) is 0 Å². The molecule has 0 bridgehead atoms. The molecule has 0 aliphatic heterocycles. The predicted molar refractivity (Wildman–Crippen MR) is 329 cm³/mol. The second-order valence-corrected chi connectivity index (χ2v) is 20.2. The molecule has 6 heteroatoms. The minimum atomic E-state index is -0.810. The summed E-state index contributed by atoms with van der Waals surface area (Å²) in [4.78, 5) is 38.2. The molecule has 0 spiro atoms. The van der Waals surface area contributed by atoms with Crippen LogP contribution in [-0.4, -0.2) is 37.2 Å². The molecule has 76 heavy (non-hydrogen) atoms. The maximum Gasteiger partial charge on any atom is 0.306 e. The second kappa shape index (κ2) is 63.1. The molecule has 0 radical (unpaired) electrons. The highest BCUT2D eigenvalue weighted by molar-refractivity contribution is 5.71. The highest BCUT2D eigenvalue weighted by Crippen LogP contribution is 2.15. The van der Waals surface area contributed by atoms with E-state index < -0.39 is 6.10 Å². The van der Waals surface area contributed by atoms with E-state index in [0.29, 0.717) is 19.3 Å². The maximum absolute atomic E-state index is 12.9. The molecule has 1 atom stereocenters. The van der Waals surface area contributed by atoms with Gasteiger partial charge < -0.3 is 14.2 Å². The third-order valence-corrected chi connectivity index (χ3v) is 12.9. The number of allylic oxidation sites excluding steroid dienone is 22. The van der Waals surface area contributed by atoms with Gasteiger partial charge in [0.1, 0.15) is 13.2 Å². The molecular weight excluding hydrogens is 937 g/mol. The van der Waals surface area contributed by atoms with Crippen LogP contribution in [0.4, 0.5) is 0 Å². The van der Waals surface area contributed by atoms with Gasteiger partial charge in [0, 0.05) is 19.3 Å². The SMILES string of the molecule is CC/C=C\C/C=C\C/C=C\C/C=C\C/C=C\C/C=C\CCCCC(=O)OC(COC(=O)CCCCCCC/C=C\CCCCC)COC(=O)CCCCCCCCCCCCCC/C=C\C/C=C\C/C=C\C/C=C\CC. The first-order valence-corrected chi connectivity index (χ1v) is 31.2. The van der Waals surface area contributed by atoms with E-state index in [1.54, 1.807) is 0 Å². The topological polar surface area (TPSA) is 78.9 Å². The number of carbonyl (C=O) groups is 3. The molecule has 0 aliphatic carbocycles. The molecule has 0 saturated carbocycles. The summed E-state index contributed by atoms with van der Waals surface area (Å²) in [6.45, 7) is 6.35. The Morgan fingerprint density at radius 1 is 0.276 bits per heavy atom. The Balaban J connectivity index is 4.40. The highest BCUT2D eigenvalue weighted by atomic mass is 16.6. The minimum absolute atomic E-state index is 0.102. The van der Waals surface area contributed by atoms with Crippen LogP contribution in [0.2, 0.25) is 0 Å². The van der Waals surface area contributed by atoms with Crippen molar-refractivity contribution in [2.75, 3.05) is 13.2 Å². The summed E-state index contributed by atoms with van der Waals surface area (Å²) in [7, 11) is 0. The van der Waals surface area contributed by atoms with E-state index in [4.69, 9.17) is 14.2 Å². The number of esters is 3. The van der Waals surface area contributed by atoms with Gasteiger partial charge in [-0.05, 0) is 135 Å². The standard InChI is InChI=1S/C70H114O6/c1-4-7-10-13-16-19-22-25-27-29-31-33-34-35-36-38-39-41-43-45-48-51-54-57-60-63-69(72)75-66-67(65-74-68(71)62-59-56-53-50-47-24-21-18-15-12-9-6-3)76-70(73)64-61-58-55-52-49-46-44-42-40-37-32-30-28-26-23-20-17-14-11-8-5-2/h7-8,10-11,16-21,25-28,31-33,37,42,44,49,52,67H,4-6,9,12-15,22-24,29-30,34-36,38-41,43,45-48,50-51,53-66H2,1-3H3/b10-7-,11-8-,19-16-,20-17-,21-18-,27-25-,28-26-,33-31-,37-32-,44-42-,52-49-. The van der Waals surface area contributed by atoms with Gasteiger partial charge in [-0.2, -0.15) is 0 Å². The van der Waals surface area contributed by atoms with Crippen LogP contribution in [-0.2, 0) is 28.6 Å². The molecule has 0 amide bonds. The molecule has 0 saturated heterocycles. The molecule has 0 aliphatic rings. The van der Waals surface area contributed by atoms with Crippen molar-refractivity contribution >= 4 is 17.9 Å². The van der Waals surface area contributed by atoms with Crippen molar-refractivity contribution < 1.29 is 28.6 Å². The van der Waals surface area contributed by atoms with Gasteiger partial charge in [-0.3, -0.25) is 14.4 Å². The largest absolute Gasteiger partial charge is 0.462 e. The average molecular weight is 1050 g/mol. The summed E-state index contributed by atoms with van der Waals surface area (Å²) >= 11 is 0. The number of ether oxygens (including phenoxy) is 3. The summed E-state index contributed by atoms with van der Waals surface area (Å²) in [5, 5.41) is 0. The van der Waals surface area contributed by atoms with Crippen LogP contribution < -0.4 is 0 Å². The van der Waals surface area contributed by atoms with Gasteiger partial charge in [0.25, 0.3) is 0 Å². The van der Waals surface area contributed by atoms with Crippen LogP contribution in [0.25, 0.3) is 0 Å². The molecule has 1 unspecified atom stereocenters. The number of unbranched alkanes of at least 4 members (excludes halogenated alkanes) is 22. The highest BCUT2D eigenvalue weighted by Gasteiger charge is 2.19. The van der Waals surface area contributed by atoms with Crippen LogP contribution >= 0.6 is 0 Å². The van der Waals surface area contributed by atoms with Crippen molar-refractivity contribution in [1.29, 1.82) is 0 Å². The van der Waals surface area contributed by atoms with Crippen molar-refractivity contribution in [3.05, 3.63) is 134 Å². The van der Waals surface area contributed by atoms with Crippen LogP contribution in [0.3, 0.4) is 0 Å². The lowest BCUT2D eigenvalue weighted by molar-refractivity contribution is -0.167. The Morgan fingerprint density at radius 2 is 0.513 bits per heavy atom. The third-order valence-electron chi connectivity index (χ3n) is 12.9. The van der Waals surface area contributed by atoms with E-state index in [0.717, 1.165) is 128 Å². The number of carbonyl (C=O) groups excluding carboxylic acids is 3. The van der Waals surface area contributed by atoms with Gasteiger partial charge in [-0.15, -0.1) is 0 Å². The maximum atomic E-state index is 12.9. The molecule has 0 aromatic carbocycles. The van der Waals surface area contributed by atoms with Crippen LogP contribution in [0, 0.1) is 0 Å². The lowest BCUT2D eigenvalue weighted by Gasteiger charge is -2.18. The van der Waals surface area contributed by atoms with Gasteiger partial charge in [-0.1, -0.05) is 251 Å². The van der Waals surface area contributed by atoms with Crippen molar-refractivity contribution in [2.24, 2.45) is 0 Å². The monoisotopic (exact) mass is 1050 g/mol. The van der Waals surface area contributed by atoms with Crippen LogP contribution in [0.15, 0.2) is 134 Å². The van der Waals surface area contributed by atoms with E-state index in [2.05, 4.69) is 154 Å². The predicted octanol–water partition coefficient (Wildman–Crippen LogP) is 21.4. The Hall–Kier alpha value is -4.45. The average Bonchev–Trinajstić information content (AvgIpc) is 3.42. The Bertz CT molecular complexity index is 1630. The van der Waals surface area contributed by atoms with Gasteiger partial charge in [0.2, 0.25) is 0 Å². The molecule has 6 nitrogen and oxygen atoms in total. The zero-order valence-corrected chi connectivity index (χ0v) is 49.2. The fourth-order valence-electron chi connectivity index (χ4n) is 8.25. The number of hydrogen-bond acceptors (Lipinski definition) is 6. The molecule has 0 rings (SSSR count). The van der Waals surface area contributed by atoms with Crippen molar-refractivity contribution in [3.63, 3.8) is 0 Å². The molecule has 430 valence electrons. The summed E-state index contributed by atoms with van der Waals surface area (Å²) in [6, 6.07) is 0. The smallest absolute Gasteiger partial charge is 0.306 e. The molecule has 0 aromatic heterocycles. The molecule has 0 N–H and O–H groups in total. The normalized spacial score (nSPS) is 13.0. The number of hydrogen-bond donors (Lipinski definition) is 0. The Morgan fingerprint density at radius 3 is 0.842 bits per heavy atom. The Labute approximate surface area is 468 Å². The fourth-order valence-corrected chi connectivity index (χ4v) is 8.25. The first kappa shape index (κ1) is 71.5. The van der Waals surface area contributed by atoms with E-state index in [1.165, 1.54) is 96.3 Å². The fraction of sp³-hybridized carbons (Fsp3) is 0.643. The van der Waals surface area contributed by atoms with Gasteiger partial charge >= 0.3 is 17.9 Å². The van der Waals surface area contributed by atoms with E-state index in [-0.39, 0.29) is 37.5 Å². The zero-order chi connectivity index (χ0) is 55.0. The first-order chi connectivity index (χ1) is 37.5. The summed E-state index contributed by atoms with van der Waals surface area (Å²) in [5.41, 5.74) is 0. The quantitative estimate of drug-likeness (QED) is 0.0261. The molecular formula is C70H114O6. The van der Waals surface area contributed by atoms with E-state index in [1.807, 2.05) is 0 Å². The van der Waals surface area contributed by atoms with E-state index >= 15 is 0 Å². The first-order valence-electron chi connectivity index (χ1n) is 31.2. The lowest BCUT2D eigenvalue weighted by Crippen LogP contribution is -2.30. The zero-order valence-electron chi connectivity index (χ0n) is 49.2. The molecule has 0 fully saturated rings. The van der Waals surface area contributed by atoms with Crippen molar-refractivity contribution in [2.45, 2.75) is 277 Å². The molecule has 0 aromatic rings. The van der Waals surface area contributed by atoms with Gasteiger partial charge in [-0.25, -0.2) is 0 Å². The van der Waals surface area contributed by atoms with Crippen LogP contribution in [0.5, 0.6) is 0 Å². The minimum Gasteiger partial charge on any atom is -0.462 e. The second-order valence-electron chi connectivity index (χ2n) is 20.2. The van der Waals surface area contributed by atoms with E-state index in [9.17, 15) is 14.4 Å². The van der Waals surface area contributed by atoms with Gasteiger partial charge in [0.15, 0.2) is 6.10 Å². The summed E-state index contributed by atoms with van der Waals surface area (Å²) < 4.78 is 16.9. The lowest BCUT2D eigenvalue weighted by atomic mass is 10.0. The third kappa shape index (κ3) is 60.4. The van der Waals surface area contributed by atoms with Crippen LogP contribution in [0.1, 0.15) is 271 Å². The van der Waals surface area contributed by atoms with Crippen molar-refractivity contribution in [1.82, 2.24) is 0 Å². The Kier molecular flexibility index (Phi) is 59.4. The van der Waals surface area contributed by atoms with Crippen molar-refractivity contribution in [3.8, 4) is 0 Å². The molecule has 0 heterocycles.